The van der Waals surface area contributed by atoms with Gasteiger partial charge in [0.2, 0.25) is 0 Å². The zero-order valence-electron chi connectivity index (χ0n) is 11.6. The molecule has 2 aromatic rings. The van der Waals surface area contributed by atoms with E-state index in [0.29, 0.717) is 11.1 Å². The molecule has 0 radical (unpaired) electrons. The molecule has 0 aliphatic carbocycles. The van der Waals surface area contributed by atoms with Crippen molar-refractivity contribution in [3.8, 4) is 0 Å². The van der Waals surface area contributed by atoms with E-state index in [-0.39, 0.29) is 0 Å². The van der Waals surface area contributed by atoms with Gasteiger partial charge >= 0.3 is 155 Å². The molecule has 0 aliphatic heterocycles. The van der Waals surface area contributed by atoms with Crippen LogP contribution in [0.4, 0.5) is 0 Å². The molecule has 2 aromatic carbocycles. The van der Waals surface area contributed by atoms with E-state index < -0.39 is 36.7 Å². The second-order valence-electron chi connectivity index (χ2n) is 4.73. The van der Waals surface area contributed by atoms with Gasteiger partial charge < -0.3 is 0 Å². The molecule has 0 unspecified atom stereocenters. The van der Waals surface area contributed by atoms with Crippen LogP contribution in [0.2, 0.25) is 0 Å². The van der Waals surface area contributed by atoms with Gasteiger partial charge in [0.15, 0.2) is 0 Å². The third kappa shape index (κ3) is 6.55. The molecule has 9 heteroatoms. The zero-order valence-corrected chi connectivity index (χ0v) is 18.2. The van der Waals surface area contributed by atoms with Gasteiger partial charge in [-0.25, -0.2) is 0 Å². The van der Waals surface area contributed by atoms with Crippen LogP contribution in [-0.2, 0) is 28.9 Å². The van der Waals surface area contributed by atoms with Gasteiger partial charge in [-0.15, -0.1) is 0 Å². The Morgan fingerprint density at radius 1 is 0.652 bits per heavy atom. The Kier molecular flexibility index (Phi) is 6.30. The second kappa shape index (κ2) is 7.66. The molecule has 0 N–H and O–H groups in total. The summed E-state index contributed by atoms with van der Waals surface area (Å²) in [7, 11) is 0. The van der Waals surface area contributed by atoms with E-state index in [0.717, 1.165) is 8.95 Å². The average Bonchev–Trinajstić information content (AvgIpc) is 2.42. The molecule has 0 heterocycles. The van der Waals surface area contributed by atoms with Crippen LogP contribution in [0.5, 0.6) is 0 Å². The van der Waals surface area contributed by atoms with Crippen LogP contribution in [0.25, 0.3) is 0 Å². The van der Waals surface area contributed by atoms with E-state index in [9.17, 15) is 15.3 Å². The molecule has 0 saturated heterocycles. The summed E-state index contributed by atoms with van der Waals surface area (Å²) in [5.74, 6) is 0. The van der Waals surface area contributed by atoms with Crippen molar-refractivity contribution in [2.75, 3.05) is 0 Å². The average molecular weight is 578 g/mol. The first-order valence-electron chi connectivity index (χ1n) is 6.31. The Morgan fingerprint density at radius 2 is 0.957 bits per heavy atom. The van der Waals surface area contributed by atoms with Crippen molar-refractivity contribution in [2.24, 2.45) is 0 Å². The van der Waals surface area contributed by atoms with Crippen molar-refractivity contribution in [1.29, 1.82) is 0 Å². The predicted molar refractivity (Wildman–Crippen MR) is 91.0 cm³/mol. The SMILES string of the molecule is O=[Se](=O)(Cc1ccc(Br)cc1)O[Se](=O)(=O)Cc1ccc(Br)cc1. The molecule has 0 fully saturated rings. The first-order chi connectivity index (χ1) is 10.7. The van der Waals surface area contributed by atoms with E-state index in [2.05, 4.69) is 34.8 Å². The van der Waals surface area contributed by atoms with Gasteiger partial charge in [-0.1, -0.05) is 0 Å². The van der Waals surface area contributed by atoms with Crippen LogP contribution < -0.4 is 0 Å². The maximum atomic E-state index is 12.0. The van der Waals surface area contributed by atoms with Crippen molar-refractivity contribution >= 4 is 57.9 Å². The fourth-order valence-electron chi connectivity index (χ4n) is 1.78. The molecule has 0 aromatic heterocycles. The van der Waals surface area contributed by atoms with Gasteiger partial charge in [0.05, 0.1) is 0 Å². The van der Waals surface area contributed by atoms with Crippen LogP contribution in [0.3, 0.4) is 0 Å². The zero-order chi connectivity index (χ0) is 17.1. The summed E-state index contributed by atoms with van der Waals surface area (Å²) in [6.45, 7) is 0. The first-order valence-corrected chi connectivity index (χ1v) is 14.5. The van der Waals surface area contributed by atoms with Gasteiger partial charge in [0.25, 0.3) is 0 Å². The maximum absolute atomic E-state index is 12.0. The minimum atomic E-state index is -5.04. The van der Waals surface area contributed by atoms with E-state index in [1.54, 1.807) is 48.5 Å². The normalized spacial score (nSPS) is 12.3. The summed E-state index contributed by atoms with van der Waals surface area (Å²) in [5.41, 5.74) is 0.962. The number of hydrogen-bond acceptors (Lipinski definition) is 5. The number of halogens is 2. The number of benzene rings is 2. The molecule has 124 valence electrons. The van der Waals surface area contributed by atoms with Gasteiger partial charge in [-0.05, 0) is 0 Å². The van der Waals surface area contributed by atoms with Crippen molar-refractivity contribution in [1.82, 2.24) is 0 Å². The fourth-order valence-corrected chi connectivity index (χ4v) is 10.2. The Morgan fingerprint density at radius 3 is 1.26 bits per heavy atom. The Bertz CT molecular complexity index is 798. The summed E-state index contributed by atoms with van der Waals surface area (Å²) >= 11 is -3.59. The molecule has 2 rings (SSSR count). The molecule has 0 aliphatic rings. The van der Waals surface area contributed by atoms with Crippen molar-refractivity contribution in [3.63, 3.8) is 0 Å². The molecule has 0 amide bonds. The van der Waals surface area contributed by atoms with Crippen molar-refractivity contribution < 1.29 is 18.2 Å². The van der Waals surface area contributed by atoms with Crippen LogP contribution in [-0.4, -0.2) is 26.1 Å². The van der Waals surface area contributed by atoms with E-state index in [1.807, 2.05) is 0 Å². The van der Waals surface area contributed by atoms with E-state index >= 15 is 0 Å². The first kappa shape index (κ1) is 18.9. The minimum absolute atomic E-state index is 0.423. The standard InChI is InChI=1S/C14H12Br2O5Se2/c15-13-5-1-11(2-6-13)9-22(17,18)21-23(19,20)10-12-3-7-14(16)8-4-12/h1-8H,9-10H2. The molecule has 23 heavy (non-hydrogen) atoms. The third-order valence-electron chi connectivity index (χ3n) is 2.72. The molecule has 5 nitrogen and oxygen atoms in total. The molecule has 0 spiro atoms. The van der Waals surface area contributed by atoms with Gasteiger partial charge in [-0.3, -0.25) is 0 Å². The number of hydrogen-bond donors (Lipinski definition) is 0. The summed E-state index contributed by atoms with van der Waals surface area (Å²) < 4.78 is 54.2. The number of rotatable bonds is 6. The third-order valence-corrected chi connectivity index (χ3v) is 12.1. The van der Waals surface area contributed by atoms with E-state index in [4.69, 9.17) is 0 Å². The Hall–Kier alpha value is -0.401. The monoisotopic (exact) mass is 578 g/mol. The van der Waals surface area contributed by atoms with Crippen molar-refractivity contribution in [2.45, 2.75) is 10.6 Å². The van der Waals surface area contributed by atoms with E-state index in [1.165, 1.54) is 0 Å². The Balaban J connectivity index is 2.08. The topological polar surface area (TPSA) is 77.5 Å². The summed E-state index contributed by atoms with van der Waals surface area (Å²) in [6, 6.07) is 13.2. The Labute approximate surface area is 154 Å². The van der Waals surface area contributed by atoms with Gasteiger partial charge in [0.1, 0.15) is 0 Å². The van der Waals surface area contributed by atoms with Crippen LogP contribution in [0, 0.1) is 0 Å². The predicted octanol–water partition coefficient (Wildman–Crippen LogP) is 3.69. The van der Waals surface area contributed by atoms with Crippen LogP contribution in [0.15, 0.2) is 57.5 Å². The quantitative estimate of drug-likeness (QED) is 0.490. The summed E-state index contributed by atoms with van der Waals surface area (Å²) in [5, 5.41) is -0.846. The van der Waals surface area contributed by atoms with Crippen LogP contribution in [0.1, 0.15) is 11.1 Å². The second-order valence-corrected chi connectivity index (χ2v) is 14.2. The molecular formula is C14H12Br2O5Se2. The van der Waals surface area contributed by atoms with Gasteiger partial charge in [-0.2, -0.15) is 0 Å². The molecule has 0 bridgehead atoms. The summed E-state index contributed by atoms with van der Waals surface area (Å²) in [6.07, 6.45) is 0. The van der Waals surface area contributed by atoms with Crippen molar-refractivity contribution in [3.05, 3.63) is 68.6 Å². The molecule has 0 atom stereocenters. The molecule has 0 saturated carbocycles. The fraction of sp³-hybridized carbons (Fsp3) is 0.143. The van der Waals surface area contributed by atoms with Crippen LogP contribution >= 0.6 is 31.9 Å². The van der Waals surface area contributed by atoms with Gasteiger partial charge in [0, 0.05) is 0 Å². The summed E-state index contributed by atoms with van der Waals surface area (Å²) in [4.78, 5) is 0. The molecular weight excluding hydrogens is 566 g/mol.